The van der Waals surface area contributed by atoms with Gasteiger partial charge >= 0.3 is 0 Å². The van der Waals surface area contributed by atoms with Gasteiger partial charge in [-0.25, -0.2) is 8.42 Å². The third kappa shape index (κ3) is 5.14. The molecule has 0 aromatic heterocycles. The van der Waals surface area contributed by atoms with Crippen LogP contribution >= 0.6 is 11.8 Å². The summed E-state index contributed by atoms with van der Waals surface area (Å²) in [6, 6.07) is 15.1. The molecule has 30 heavy (non-hydrogen) atoms. The van der Waals surface area contributed by atoms with E-state index >= 15 is 0 Å². The summed E-state index contributed by atoms with van der Waals surface area (Å²) in [5.74, 6) is 1.08. The largest absolute Gasteiger partial charge is 0.497 e. The van der Waals surface area contributed by atoms with Crippen LogP contribution in [0.1, 0.15) is 11.1 Å². The minimum atomic E-state index is -2.94. The Labute approximate surface area is 180 Å². The van der Waals surface area contributed by atoms with Crippen LogP contribution in [0, 0.1) is 0 Å². The van der Waals surface area contributed by atoms with Gasteiger partial charge < -0.3 is 15.4 Å². The number of carbonyl (C=O) groups is 1. The smallest absolute Gasteiger partial charge is 0.224 e. The second-order valence-corrected chi connectivity index (χ2v) is 10.7. The first-order chi connectivity index (χ1) is 14.4. The van der Waals surface area contributed by atoms with Gasteiger partial charge in [0, 0.05) is 17.5 Å². The lowest BCUT2D eigenvalue weighted by molar-refractivity contribution is -0.120. The van der Waals surface area contributed by atoms with Gasteiger partial charge in [-0.1, -0.05) is 36.0 Å². The van der Waals surface area contributed by atoms with Crippen LogP contribution in [0.25, 0.3) is 0 Å². The molecule has 2 aromatic carbocycles. The number of aliphatic imine (C=N–C) groups is 1. The molecule has 2 aromatic rings. The molecule has 2 atom stereocenters. The normalized spacial score (nSPS) is 21.6. The van der Waals surface area contributed by atoms with Gasteiger partial charge in [0.2, 0.25) is 5.91 Å². The number of benzene rings is 2. The lowest BCUT2D eigenvalue weighted by Crippen LogP contribution is -2.24. The molecule has 2 aliphatic rings. The number of anilines is 1. The molecule has 2 heterocycles. The summed E-state index contributed by atoms with van der Waals surface area (Å²) in [5, 5.41) is 6.94. The maximum Gasteiger partial charge on any atom is 0.224 e. The van der Waals surface area contributed by atoms with Crippen LogP contribution < -0.4 is 15.4 Å². The van der Waals surface area contributed by atoms with Crippen LogP contribution in [0.5, 0.6) is 5.75 Å². The fourth-order valence-electron chi connectivity index (χ4n) is 3.44. The van der Waals surface area contributed by atoms with Gasteiger partial charge in [0.15, 0.2) is 15.0 Å². The number of hydrogen-bond acceptors (Lipinski definition) is 7. The van der Waals surface area contributed by atoms with Crippen molar-refractivity contribution in [1.29, 1.82) is 0 Å². The number of thioether (sulfide) groups is 1. The van der Waals surface area contributed by atoms with E-state index in [0.29, 0.717) is 13.0 Å². The van der Waals surface area contributed by atoms with E-state index in [-0.39, 0.29) is 28.7 Å². The van der Waals surface area contributed by atoms with E-state index in [1.54, 1.807) is 7.11 Å². The van der Waals surface area contributed by atoms with E-state index in [9.17, 15) is 13.2 Å². The molecule has 1 saturated heterocycles. The first-order valence-electron chi connectivity index (χ1n) is 9.61. The summed E-state index contributed by atoms with van der Waals surface area (Å²) in [6.07, 6.45) is 0.300. The van der Waals surface area contributed by atoms with Gasteiger partial charge in [-0.3, -0.25) is 9.79 Å². The molecule has 2 N–H and O–H groups in total. The highest BCUT2D eigenvalue weighted by Gasteiger charge is 2.42. The van der Waals surface area contributed by atoms with Crippen molar-refractivity contribution in [3.05, 3.63) is 59.7 Å². The molecular weight excluding hydrogens is 422 g/mol. The molecule has 0 spiro atoms. The first kappa shape index (κ1) is 20.7. The number of ether oxygens (including phenoxy) is 1. The van der Waals surface area contributed by atoms with Gasteiger partial charge in [-0.2, -0.15) is 0 Å². The maximum atomic E-state index is 12.2. The number of hydrogen-bond donors (Lipinski definition) is 2. The van der Waals surface area contributed by atoms with Gasteiger partial charge in [0.1, 0.15) is 5.75 Å². The number of nitrogens with one attached hydrogen (secondary N) is 2. The number of amides is 1. The number of carbonyl (C=O) groups excluding carboxylic acids is 1. The molecule has 9 heteroatoms. The van der Waals surface area contributed by atoms with Crippen molar-refractivity contribution in [3.8, 4) is 5.75 Å². The topological polar surface area (TPSA) is 96.9 Å². The number of rotatable bonds is 6. The van der Waals surface area contributed by atoms with Crippen molar-refractivity contribution in [2.24, 2.45) is 4.99 Å². The van der Waals surface area contributed by atoms with E-state index in [1.165, 1.54) is 11.8 Å². The molecular formula is C21H23N3O4S2. The predicted octanol–water partition coefficient (Wildman–Crippen LogP) is 2.23. The SMILES string of the molecule is COc1ccc(CNC(=O)Cc2ccc(NC3=N[C@H]4CS(=O)(=O)C[C@@H]4S3)cc2)cc1. The van der Waals surface area contributed by atoms with Crippen molar-refractivity contribution in [2.45, 2.75) is 24.3 Å². The predicted molar refractivity (Wildman–Crippen MR) is 120 cm³/mol. The number of amidine groups is 1. The molecule has 0 saturated carbocycles. The molecule has 7 nitrogen and oxygen atoms in total. The second-order valence-electron chi connectivity index (χ2n) is 7.36. The molecule has 0 radical (unpaired) electrons. The average Bonchev–Trinajstić information content (AvgIpc) is 3.20. The van der Waals surface area contributed by atoms with E-state index in [4.69, 9.17) is 4.74 Å². The zero-order valence-electron chi connectivity index (χ0n) is 16.5. The monoisotopic (exact) mass is 445 g/mol. The van der Waals surface area contributed by atoms with E-state index in [1.807, 2.05) is 48.5 Å². The standard InChI is InChI=1S/C21H23N3O4S2/c1-28-17-8-4-15(5-9-17)11-22-20(25)10-14-2-6-16(7-3-14)23-21-24-18-12-30(26,27)13-19(18)29-21/h2-9,18-19H,10-13H2,1H3,(H,22,25)(H,23,24)/t18-,19-/m0/s1. The number of fused-ring (bicyclic) bond motifs is 1. The Balaban J connectivity index is 1.26. The van der Waals surface area contributed by atoms with Gasteiger partial charge in [0.25, 0.3) is 0 Å². The van der Waals surface area contributed by atoms with Crippen molar-refractivity contribution in [2.75, 3.05) is 23.9 Å². The number of nitrogens with zero attached hydrogens (tertiary/aromatic N) is 1. The van der Waals surface area contributed by atoms with E-state index < -0.39 is 9.84 Å². The van der Waals surface area contributed by atoms with Crippen molar-refractivity contribution < 1.29 is 17.9 Å². The van der Waals surface area contributed by atoms with Gasteiger partial charge in [-0.05, 0) is 35.4 Å². The van der Waals surface area contributed by atoms with E-state index in [0.717, 1.165) is 27.7 Å². The Morgan fingerprint density at radius 2 is 1.80 bits per heavy atom. The Morgan fingerprint density at radius 1 is 1.10 bits per heavy atom. The molecule has 0 aliphatic carbocycles. The van der Waals surface area contributed by atoms with Crippen molar-refractivity contribution in [1.82, 2.24) is 5.32 Å². The summed E-state index contributed by atoms with van der Waals surface area (Å²) in [6.45, 7) is 0.470. The average molecular weight is 446 g/mol. The molecule has 0 bridgehead atoms. The Kier molecular flexibility index (Phi) is 6.01. The van der Waals surface area contributed by atoms with Crippen molar-refractivity contribution >= 4 is 38.4 Å². The van der Waals surface area contributed by atoms with Crippen LogP contribution in [0.4, 0.5) is 5.69 Å². The highest BCUT2D eigenvalue weighted by molar-refractivity contribution is 8.15. The van der Waals surface area contributed by atoms with E-state index in [2.05, 4.69) is 15.6 Å². The fourth-order valence-corrected chi connectivity index (χ4v) is 7.11. The van der Waals surface area contributed by atoms with Crippen LogP contribution in [0.3, 0.4) is 0 Å². The second kappa shape index (κ2) is 8.69. The summed E-state index contributed by atoms with van der Waals surface area (Å²) in [7, 11) is -1.32. The summed E-state index contributed by atoms with van der Waals surface area (Å²) < 4.78 is 28.4. The Hall–Kier alpha value is -2.52. The Morgan fingerprint density at radius 3 is 2.47 bits per heavy atom. The molecule has 0 unspecified atom stereocenters. The minimum absolute atomic E-state index is 0.0196. The fraction of sp³-hybridized carbons (Fsp3) is 0.333. The Bertz CT molecular complexity index is 1050. The van der Waals surface area contributed by atoms with Crippen LogP contribution in [0.2, 0.25) is 0 Å². The number of sulfone groups is 1. The summed E-state index contributed by atoms with van der Waals surface area (Å²) in [4.78, 5) is 16.7. The van der Waals surface area contributed by atoms with Crippen LogP contribution in [-0.4, -0.2) is 49.4 Å². The molecule has 158 valence electrons. The van der Waals surface area contributed by atoms with Crippen LogP contribution in [-0.2, 0) is 27.6 Å². The van der Waals surface area contributed by atoms with Gasteiger partial charge in [-0.15, -0.1) is 0 Å². The zero-order chi connectivity index (χ0) is 21.1. The van der Waals surface area contributed by atoms with Crippen molar-refractivity contribution in [3.63, 3.8) is 0 Å². The van der Waals surface area contributed by atoms with Crippen LogP contribution in [0.15, 0.2) is 53.5 Å². The highest BCUT2D eigenvalue weighted by atomic mass is 32.2. The third-order valence-electron chi connectivity index (χ3n) is 5.04. The number of methoxy groups -OCH3 is 1. The summed E-state index contributed by atoms with van der Waals surface area (Å²) in [5.41, 5.74) is 2.79. The molecule has 1 amide bonds. The zero-order valence-corrected chi connectivity index (χ0v) is 18.1. The first-order valence-corrected chi connectivity index (χ1v) is 12.3. The quantitative estimate of drug-likeness (QED) is 0.708. The molecule has 4 rings (SSSR count). The molecule has 2 aliphatic heterocycles. The minimum Gasteiger partial charge on any atom is -0.497 e. The lowest BCUT2D eigenvalue weighted by atomic mass is 10.1. The highest BCUT2D eigenvalue weighted by Crippen LogP contribution is 2.34. The summed E-state index contributed by atoms with van der Waals surface area (Å²) >= 11 is 1.49. The third-order valence-corrected chi connectivity index (χ3v) is 8.18. The lowest BCUT2D eigenvalue weighted by Gasteiger charge is -2.09. The van der Waals surface area contributed by atoms with Gasteiger partial charge in [0.05, 0.1) is 31.1 Å². The maximum absolute atomic E-state index is 12.2. The molecule has 1 fully saturated rings.